The van der Waals surface area contributed by atoms with Gasteiger partial charge in [-0.2, -0.15) is 14.0 Å². The molecule has 1 aromatic rings. The molecule has 0 radical (unpaired) electrons. The lowest BCUT2D eigenvalue weighted by Gasteiger charge is -2.11. The average Bonchev–Trinajstić information content (AvgIpc) is 2.26. The Morgan fingerprint density at radius 3 is 2.65 bits per heavy atom. The summed E-state index contributed by atoms with van der Waals surface area (Å²) < 4.78 is 28.3. The molecule has 0 heterocycles. The summed E-state index contributed by atoms with van der Waals surface area (Å²) in [5.74, 6) is -1.93. The largest absolute Gasteiger partial charge is 0.478 e. The van der Waals surface area contributed by atoms with Crippen LogP contribution in [0.1, 0.15) is 21.5 Å². The normalized spacial score (nSPS) is 10.1. The number of halogens is 3. The van der Waals surface area contributed by atoms with Gasteiger partial charge in [-0.05, 0) is 12.1 Å². The van der Waals surface area contributed by atoms with Crippen molar-refractivity contribution in [1.82, 2.24) is 0 Å². The third kappa shape index (κ3) is 2.82. The van der Waals surface area contributed by atoms with Gasteiger partial charge in [-0.25, -0.2) is 4.79 Å². The van der Waals surface area contributed by atoms with Crippen molar-refractivity contribution in [2.24, 2.45) is 0 Å². The van der Waals surface area contributed by atoms with Crippen LogP contribution < -0.4 is 4.74 Å². The molecule has 1 N–H and O–H groups in total. The van der Waals surface area contributed by atoms with Crippen LogP contribution in [0.25, 0.3) is 0 Å². The van der Waals surface area contributed by atoms with Gasteiger partial charge in [-0.3, -0.25) is 0 Å². The summed E-state index contributed by atoms with van der Waals surface area (Å²) in [4.78, 5) is 10.8. The molecule has 0 amide bonds. The van der Waals surface area contributed by atoms with Crippen LogP contribution in [0.5, 0.6) is 5.75 Å². The molecule has 0 aliphatic rings. The number of carboxylic acid groups (broad SMARTS) is 1. The molecule has 0 bridgehead atoms. The fourth-order valence-corrected chi connectivity index (χ4v) is 1.54. The first-order chi connectivity index (χ1) is 8.01. The highest BCUT2D eigenvalue weighted by molar-refractivity contribution is 6.17. The number of hydrogen-bond donors (Lipinski definition) is 1. The number of hydrogen-bond acceptors (Lipinski definition) is 3. The topological polar surface area (TPSA) is 70.3 Å². The Balaban J connectivity index is 3.39. The summed E-state index contributed by atoms with van der Waals surface area (Å²) in [5.41, 5.74) is -0.634. The van der Waals surface area contributed by atoms with E-state index in [-0.39, 0.29) is 28.3 Å². The number of benzene rings is 1. The molecule has 0 saturated carbocycles. The Labute approximate surface area is 100.0 Å². The molecule has 0 fully saturated rings. The Bertz CT molecular complexity index is 485. The molecule has 7 heteroatoms. The second kappa shape index (κ2) is 5.46. The zero-order valence-corrected chi connectivity index (χ0v) is 9.04. The molecule has 4 nitrogen and oxygen atoms in total. The minimum absolute atomic E-state index is 0.0608. The Morgan fingerprint density at radius 1 is 1.59 bits per heavy atom. The van der Waals surface area contributed by atoms with Crippen molar-refractivity contribution in [1.29, 1.82) is 5.26 Å². The third-order valence-electron chi connectivity index (χ3n) is 1.96. The van der Waals surface area contributed by atoms with E-state index in [0.29, 0.717) is 0 Å². The zero-order valence-electron chi connectivity index (χ0n) is 8.28. The molecule has 0 saturated heterocycles. The van der Waals surface area contributed by atoms with Gasteiger partial charge >= 0.3 is 12.6 Å². The number of ether oxygens (including phenoxy) is 1. The molecule has 0 aliphatic carbocycles. The smallest absolute Gasteiger partial charge is 0.387 e. The number of carboxylic acids is 1. The number of alkyl halides is 3. The van der Waals surface area contributed by atoms with Crippen molar-refractivity contribution in [2.75, 3.05) is 0 Å². The van der Waals surface area contributed by atoms with E-state index in [2.05, 4.69) is 4.74 Å². The van der Waals surface area contributed by atoms with Crippen LogP contribution in [0.3, 0.4) is 0 Å². The first kappa shape index (κ1) is 13.2. The number of rotatable bonds is 4. The van der Waals surface area contributed by atoms with Gasteiger partial charge in [0.15, 0.2) is 0 Å². The summed E-state index contributed by atoms with van der Waals surface area (Å²) in [6.07, 6.45) is 0. The van der Waals surface area contributed by atoms with Gasteiger partial charge in [0, 0.05) is 5.56 Å². The lowest BCUT2D eigenvalue weighted by atomic mass is 10.0. The minimum atomic E-state index is -3.07. The van der Waals surface area contributed by atoms with Crippen LogP contribution in [0.15, 0.2) is 12.1 Å². The van der Waals surface area contributed by atoms with Gasteiger partial charge < -0.3 is 9.84 Å². The fourth-order valence-electron chi connectivity index (χ4n) is 1.27. The van der Waals surface area contributed by atoms with Crippen molar-refractivity contribution < 1.29 is 23.4 Å². The van der Waals surface area contributed by atoms with E-state index in [9.17, 15) is 13.6 Å². The fraction of sp³-hybridized carbons (Fsp3) is 0.200. The summed E-state index contributed by atoms with van der Waals surface area (Å²) in [5, 5.41) is 17.6. The van der Waals surface area contributed by atoms with Gasteiger partial charge in [0.1, 0.15) is 11.8 Å². The van der Waals surface area contributed by atoms with Crippen molar-refractivity contribution in [3.05, 3.63) is 28.8 Å². The Hall–Kier alpha value is -1.87. The maximum absolute atomic E-state index is 12.1. The van der Waals surface area contributed by atoms with Crippen LogP contribution in [0.2, 0.25) is 0 Å². The highest BCUT2D eigenvalue weighted by atomic mass is 35.5. The second-order valence-electron chi connectivity index (χ2n) is 2.89. The van der Waals surface area contributed by atoms with Gasteiger partial charge in [-0.15, -0.1) is 11.6 Å². The van der Waals surface area contributed by atoms with E-state index >= 15 is 0 Å². The summed E-state index contributed by atoms with van der Waals surface area (Å²) in [7, 11) is 0. The number of nitriles is 1. The second-order valence-corrected chi connectivity index (χ2v) is 3.16. The van der Waals surface area contributed by atoms with Crippen molar-refractivity contribution in [3.8, 4) is 11.8 Å². The number of carbonyl (C=O) groups is 1. The quantitative estimate of drug-likeness (QED) is 0.846. The van der Waals surface area contributed by atoms with E-state index in [1.165, 1.54) is 0 Å². The predicted molar refractivity (Wildman–Crippen MR) is 54.3 cm³/mol. The highest BCUT2D eigenvalue weighted by Crippen LogP contribution is 2.28. The van der Waals surface area contributed by atoms with Crippen LogP contribution in [0.4, 0.5) is 8.78 Å². The molecule has 0 aromatic heterocycles. The first-order valence-electron chi connectivity index (χ1n) is 4.31. The number of nitrogens with zero attached hydrogens (tertiary/aromatic N) is 1. The molecule has 1 aromatic carbocycles. The van der Waals surface area contributed by atoms with Gasteiger partial charge in [0.25, 0.3) is 0 Å². The van der Waals surface area contributed by atoms with Crippen LogP contribution in [-0.4, -0.2) is 17.7 Å². The molecule has 17 heavy (non-hydrogen) atoms. The molecular formula is C10H6ClF2NO3. The first-order valence-corrected chi connectivity index (χ1v) is 4.84. The minimum Gasteiger partial charge on any atom is -0.478 e. The maximum atomic E-state index is 12.1. The van der Waals surface area contributed by atoms with E-state index in [4.69, 9.17) is 22.0 Å². The number of aromatic carboxylic acids is 1. The maximum Gasteiger partial charge on any atom is 0.387 e. The standard InChI is InChI=1S/C10H6ClF2NO3/c11-3-6-7(4-14)5(9(15)16)1-2-8(6)17-10(12)13/h1-2,10H,3H2,(H,15,16). The van der Waals surface area contributed by atoms with E-state index in [1.54, 1.807) is 6.07 Å². The summed E-state index contributed by atoms with van der Waals surface area (Å²) in [6.45, 7) is -3.07. The average molecular weight is 262 g/mol. The van der Waals surface area contributed by atoms with E-state index in [1.807, 2.05) is 0 Å². The van der Waals surface area contributed by atoms with Crippen molar-refractivity contribution in [2.45, 2.75) is 12.5 Å². The van der Waals surface area contributed by atoms with E-state index in [0.717, 1.165) is 12.1 Å². The Kier molecular flexibility index (Phi) is 4.24. The SMILES string of the molecule is N#Cc1c(C(=O)O)ccc(OC(F)F)c1CCl. The van der Waals surface area contributed by atoms with Gasteiger partial charge in [0.2, 0.25) is 0 Å². The molecule has 0 spiro atoms. The van der Waals surface area contributed by atoms with Gasteiger partial charge in [0.05, 0.1) is 17.0 Å². The molecule has 1 rings (SSSR count). The molecule has 90 valence electrons. The van der Waals surface area contributed by atoms with Gasteiger partial charge in [-0.1, -0.05) is 0 Å². The lowest BCUT2D eigenvalue weighted by molar-refractivity contribution is -0.0503. The highest BCUT2D eigenvalue weighted by Gasteiger charge is 2.19. The van der Waals surface area contributed by atoms with Crippen LogP contribution in [0, 0.1) is 11.3 Å². The van der Waals surface area contributed by atoms with Crippen molar-refractivity contribution >= 4 is 17.6 Å². The molecule has 0 aliphatic heterocycles. The lowest BCUT2D eigenvalue weighted by Crippen LogP contribution is -2.08. The van der Waals surface area contributed by atoms with Crippen LogP contribution in [-0.2, 0) is 5.88 Å². The molecule has 0 unspecified atom stereocenters. The van der Waals surface area contributed by atoms with Crippen molar-refractivity contribution in [3.63, 3.8) is 0 Å². The third-order valence-corrected chi connectivity index (χ3v) is 2.23. The zero-order chi connectivity index (χ0) is 13.0. The molecule has 0 atom stereocenters. The van der Waals surface area contributed by atoms with E-state index < -0.39 is 12.6 Å². The monoisotopic (exact) mass is 261 g/mol. The Morgan fingerprint density at radius 2 is 2.24 bits per heavy atom. The summed E-state index contributed by atoms with van der Waals surface area (Å²) in [6, 6.07) is 3.69. The summed E-state index contributed by atoms with van der Waals surface area (Å²) >= 11 is 5.51. The predicted octanol–water partition coefficient (Wildman–Crippen LogP) is 2.60. The molecular weight excluding hydrogens is 256 g/mol. The van der Waals surface area contributed by atoms with Crippen LogP contribution >= 0.6 is 11.6 Å².